The summed E-state index contributed by atoms with van der Waals surface area (Å²) in [6.45, 7) is 1.74. The van der Waals surface area contributed by atoms with Crippen LogP contribution in [0.15, 0.2) is 24.3 Å². The summed E-state index contributed by atoms with van der Waals surface area (Å²) in [5, 5.41) is 30.8. The summed E-state index contributed by atoms with van der Waals surface area (Å²) in [5.74, 6) is -3.39. The summed E-state index contributed by atoms with van der Waals surface area (Å²) < 4.78 is 0. The van der Waals surface area contributed by atoms with Gasteiger partial charge in [-0.2, -0.15) is 0 Å². The molecule has 2 aromatic rings. The lowest BCUT2D eigenvalue weighted by Crippen LogP contribution is -2.22. The molecule has 1 unspecified atom stereocenters. The Bertz CT molecular complexity index is 963. The molecule has 0 bridgehead atoms. The van der Waals surface area contributed by atoms with E-state index < -0.39 is 29.0 Å². The smallest absolute Gasteiger partial charge is 0.217 e. The Labute approximate surface area is 148 Å². The van der Waals surface area contributed by atoms with Crippen LogP contribution in [0.5, 0.6) is 17.2 Å². The van der Waals surface area contributed by atoms with Gasteiger partial charge < -0.3 is 21.1 Å². The summed E-state index contributed by atoms with van der Waals surface area (Å²) in [4.78, 5) is 36.5. The molecule has 7 nitrogen and oxygen atoms in total. The van der Waals surface area contributed by atoms with E-state index in [1.54, 1.807) is 6.92 Å². The highest BCUT2D eigenvalue weighted by atomic mass is 16.3. The largest absolute Gasteiger partial charge is 0.507 e. The zero-order valence-electron chi connectivity index (χ0n) is 13.9. The van der Waals surface area contributed by atoms with Gasteiger partial charge in [0.25, 0.3) is 0 Å². The van der Waals surface area contributed by atoms with Crippen molar-refractivity contribution in [3.05, 3.63) is 52.1 Å². The Hall–Kier alpha value is -3.35. The van der Waals surface area contributed by atoms with E-state index in [2.05, 4.69) is 0 Å². The second-order valence-electron chi connectivity index (χ2n) is 6.49. The second-order valence-corrected chi connectivity index (χ2v) is 6.49. The Kier molecular flexibility index (Phi) is 4.15. The van der Waals surface area contributed by atoms with Crippen LogP contribution in [0.2, 0.25) is 0 Å². The highest BCUT2D eigenvalue weighted by Crippen LogP contribution is 2.42. The van der Waals surface area contributed by atoms with Gasteiger partial charge in [-0.3, -0.25) is 14.4 Å². The third kappa shape index (κ3) is 2.67. The quantitative estimate of drug-likeness (QED) is 0.525. The molecule has 0 saturated carbocycles. The SMILES string of the molecule is CC(CC(N)=O)Cc1cc(O)c2c(c1O)C(=O)c1cccc(O)c1C2=O. The number of hydrogen-bond donors (Lipinski definition) is 4. The molecule has 134 valence electrons. The molecule has 0 aliphatic heterocycles. The topological polar surface area (TPSA) is 138 Å². The number of ketones is 2. The molecule has 0 radical (unpaired) electrons. The molecule has 5 N–H and O–H groups in total. The molecule has 0 saturated heterocycles. The number of rotatable bonds is 4. The summed E-state index contributed by atoms with van der Waals surface area (Å²) in [5.41, 5.74) is 4.52. The summed E-state index contributed by atoms with van der Waals surface area (Å²) in [6, 6.07) is 5.25. The van der Waals surface area contributed by atoms with Crippen LogP contribution in [0, 0.1) is 5.92 Å². The lowest BCUT2D eigenvalue weighted by molar-refractivity contribution is -0.118. The zero-order valence-corrected chi connectivity index (χ0v) is 13.9. The van der Waals surface area contributed by atoms with Crippen molar-refractivity contribution >= 4 is 17.5 Å². The van der Waals surface area contributed by atoms with Gasteiger partial charge in [-0.15, -0.1) is 0 Å². The Morgan fingerprint density at radius 1 is 1.04 bits per heavy atom. The number of benzene rings is 2. The Balaban J connectivity index is 2.15. The van der Waals surface area contributed by atoms with E-state index >= 15 is 0 Å². The van der Waals surface area contributed by atoms with Crippen molar-refractivity contribution < 1.29 is 29.7 Å². The summed E-state index contributed by atoms with van der Waals surface area (Å²) in [7, 11) is 0. The second kappa shape index (κ2) is 6.18. The Morgan fingerprint density at radius 2 is 1.73 bits per heavy atom. The van der Waals surface area contributed by atoms with E-state index in [1.807, 2.05) is 0 Å². The molecule has 2 aromatic carbocycles. The minimum atomic E-state index is -0.739. The van der Waals surface area contributed by atoms with Gasteiger partial charge in [0, 0.05) is 12.0 Å². The Morgan fingerprint density at radius 3 is 2.38 bits per heavy atom. The normalized spacial score (nSPS) is 13.9. The van der Waals surface area contributed by atoms with E-state index in [0.29, 0.717) is 0 Å². The lowest BCUT2D eigenvalue weighted by atomic mass is 9.80. The maximum absolute atomic E-state index is 12.8. The van der Waals surface area contributed by atoms with E-state index in [1.165, 1.54) is 24.3 Å². The fraction of sp³-hybridized carbons (Fsp3) is 0.211. The van der Waals surface area contributed by atoms with Gasteiger partial charge in [0.15, 0.2) is 5.78 Å². The maximum atomic E-state index is 12.8. The van der Waals surface area contributed by atoms with Crippen LogP contribution in [-0.4, -0.2) is 32.8 Å². The molecule has 1 aliphatic carbocycles. The highest BCUT2D eigenvalue weighted by Gasteiger charge is 2.37. The predicted molar refractivity (Wildman–Crippen MR) is 91.4 cm³/mol. The molecule has 26 heavy (non-hydrogen) atoms. The number of fused-ring (bicyclic) bond motifs is 2. The third-order valence-electron chi connectivity index (χ3n) is 4.44. The molecule has 0 fully saturated rings. The number of nitrogens with two attached hydrogens (primary N) is 1. The number of primary amides is 1. The van der Waals surface area contributed by atoms with Crippen LogP contribution in [0.25, 0.3) is 0 Å². The molecule has 0 spiro atoms. The van der Waals surface area contributed by atoms with Crippen molar-refractivity contribution in [1.29, 1.82) is 0 Å². The summed E-state index contributed by atoms with van der Waals surface area (Å²) in [6.07, 6.45) is 0.255. The number of phenols is 3. The average molecular weight is 355 g/mol. The number of amides is 1. The summed E-state index contributed by atoms with van der Waals surface area (Å²) >= 11 is 0. The first-order valence-corrected chi connectivity index (χ1v) is 7.99. The van der Waals surface area contributed by atoms with Crippen molar-refractivity contribution in [1.82, 2.24) is 0 Å². The van der Waals surface area contributed by atoms with Gasteiger partial charge in [0.2, 0.25) is 11.7 Å². The average Bonchev–Trinajstić information content (AvgIpc) is 2.54. The van der Waals surface area contributed by atoms with Gasteiger partial charge >= 0.3 is 0 Å². The van der Waals surface area contributed by atoms with Gasteiger partial charge in [-0.25, -0.2) is 0 Å². The van der Waals surface area contributed by atoms with E-state index in [0.717, 1.165) is 0 Å². The minimum absolute atomic E-state index is 0.0421. The first kappa shape index (κ1) is 17.5. The van der Waals surface area contributed by atoms with E-state index in [4.69, 9.17) is 5.73 Å². The fourth-order valence-electron chi connectivity index (χ4n) is 3.34. The molecular formula is C19H17NO6. The van der Waals surface area contributed by atoms with Crippen molar-refractivity contribution in [2.45, 2.75) is 19.8 Å². The number of phenolic OH excluding ortho intramolecular Hbond substituents is 3. The lowest BCUT2D eigenvalue weighted by Gasteiger charge is -2.22. The van der Waals surface area contributed by atoms with Gasteiger partial charge in [-0.05, 0) is 30.0 Å². The molecule has 1 amide bonds. The first-order chi connectivity index (χ1) is 12.2. The standard InChI is InChI=1S/C19H17NO6/c1-8(6-13(20)23)5-9-7-12(22)15-16(17(9)24)18(25)10-3-2-4-11(21)14(10)19(15)26/h2-4,7-8,21-22,24H,5-6H2,1H3,(H2,20,23). The number of carbonyl (C=O) groups is 3. The van der Waals surface area contributed by atoms with Crippen LogP contribution in [0.3, 0.4) is 0 Å². The van der Waals surface area contributed by atoms with E-state index in [-0.39, 0.29) is 52.3 Å². The van der Waals surface area contributed by atoms with Crippen molar-refractivity contribution in [3.63, 3.8) is 0 Å². The van der Waals surface area contributed by atoms with Crippen LogP contribution in [-0.2, 0) is 11.2 Å². The number of hydrogen-bond acceptors (Lipinski definition) is 6. The molecule has 0 aromatic heterocycles. The zero-order chi connectivity index (χ0) is 19.2. The third-order valence-corrected chi connectivity index (χ3v) is 4.44. The van der Waals surface area contributed by atoms with Gasteiger partial charge in [0.1, 0.15) is 17.2 Å². The monoisotopic (exact) mass is 355 g/mol. The van der Waals surface area contributed by atoms with Crippen molar-refractivity contribution in [2.75, 3.05) is 0 Å². The van der Waals surface area contributed by atoms with Crippen molar-refractivity contribution in [3.8, 4) is 17.2 Å². The van der Waals surface area contributed by atoms with Gasteiger partial charge in [0.05, 0.1) is 16.7 Å². The molecular weight excluding hydrogens is 338 g/mol. The van der Waals surface area contributed by atoms with Crippen LogP contribution in [0.4, 0.5) is 0 Å². The molecule has 1 atom stereocenters. The molecule has 0 heterocycles. The minimum Gasteiger partial charge on any atom is -0.507 e. The molecule has 1 aliphatic rings. The number of carbonyl (C=O) groups excluding carboxylic acids is 3. The van der Waals surface area contributed by atoms with Crippen LogP contribution in [0.1, 0.15) is 50.8 Å². The molecule has 3 rings (SSSR count). The number of aromatic hydroxyl groups is 3. The molecule has 7 heteroatoms. The van der Waals surface area contributed by atoms with Gasteiger partial charge in [-0.1, -0.05) is 19.1 Å². The fourth-order valence-corrected chi connectivity index (χ4v) is 3.34. The highest BCUT2D eigenvalue weighted by molar-refractivity contribution is 6.31. The van der Waals surface area contributed by atoms with Crippen LogP contribution >= 0.6 is 0 Å². The maximum Gasteiger partial charge on any atom is 0.217 e. The van der Waals surface area contributed by atoms with Crippen LogP contribution < -0.4 is 5.73 Å². The van der Waals surface area contributed by atoms with E-state index in [9.17, 15) is 29.7 Å². The van der Waals surface area contributed by atoms with Crippen molar-refractivity contribution in [2.24, 2.45) is 11.7 Å². The first-order valence-electron chi connectivity index (χ1n) is 7.99. The predicted octanol–water partition coefficient (Wildman–Crippen LogP) is 1.63.